The van der Waals surface area contributed by atoms with E-state index in [1.54, 1.807) is 80.6 Å². The maximum absolute atomic E-state index is 14.2. The van der Waals surface area contributed by atoms with Gasteiger partial charge in [-0.25, -0.2) is 46.1 Å². The van der Waals surface area contributed by atoms with Crippen molar-refractivity contribution in [3.05, 3.63) is 197 Å². The average molecular weight is 974 g/mol. The zero-order chi connectivity index (χ0) is 51.2. The van der Waals surface area contributed by atoms with Gasteiger partial charge in [0.25, 0.3) is 0 Å². The number of aryl methyl sites for hydroxylation is 1. The molecule has 364 valence electrons. The lowest BCUT2D eigenvalue weighted by atomic mass is 9.96. The smallest absolute Gasteiger partial charge is 0.344 e. The molecule has 0 fully saturated rings. The third kappa shape index (κ3) is 11.9. The number of carbonyl (C=O) groups excluding carboxylic acids is 1. The topological polar surface area (TPSA) is 133 Å². The van der Waals surface area contributed by atoms with Crippen LogP contribution in [0.3, 0.4) is 0 Å². The number of pyridine rings is 3. The molecule has 0 aliphatic rings. The van der Waals surface area contributed by atoms with Crippen molar-refractivity contribution in [3.63, 3.8) is 0 Å². The van der Waals surface area contributed by atoms with Gasteiger partial charge >= 0.3 is 5.97 Å². The molecule has 0 atom stereocenters. The number of carbonyl (C=O) groups is 1. The van der Waals surface area contributed by atoms with Gasteiger partial charge in [-0.2, -0.15) is 0 Å². The predicted molar refractivity (Wildman–Crippen MR) is 256 cm³/mol. The van der Waals surface area contributed by atoms with Crippen molar-refractivity contribution in [2.75, 3.05) is 6.61 Å². The van der Waals surface area contributed by atoms with Crippen LogP contribution in [-0.2, 0) is 15.9 Å². The van der Waals surface area contributed by atoms with Gasteiger partial charge in [0.1, 0.15) is 91.5 Å². The van der Waals surface area contributed by atoms with Crippen LogP contribution in [-0.4, -0.2) is 37.7 Å². The molecule has 6 aromatic carbocycles. The summed E-state index contributed by atoms with van der Waals surface area (Å²) >= 11 is 0. The molecule has 0 aliphatic heterocycles. The first-order valence-electron chi connectivity index (χ1n) is 21.9. The molecule has 9 rings (SSSR count). The van der Waals surface area contributed by atoms with Gasteiger partial charge in [-0.15, -0.1) is 0 Å². The Morgan fingerprint density at radius 3 is 1.38 bits per heavy atom. The number of hydrogen-bond donors (Lipinski definition) is 2. The molecular weight excluding hydrogens is 929 g/mol. The molecule has 16 heteroatoms. The maximum Gasteiger partial charge on any atom is 0.344 e. The number of benzene rings is 6. The van der Waals surface area contributed by atoms with Crippen molar-refractivity contribution >= 4 is 38.7 Å². The van der Waals surface area contributed by atoms with Gasteiger partial charge in [-0.3, -0.25) is 0 Å². The van der Waals surface area contributed by atoms with Crippen molar-refractivity contribution in [1.29, 1.82) is 0 Å². The van der Waals surface area contributed by atoms with E-state index in [-0.39, 0.29) is 62.8 Å². The van der Waals surface area contributed by atoms with E-state index in [0.29, 0.717) is 33.4 Å². The minimum absolute atomic E-state index is 0.00556. The van der Waals surface area contributed by atoms with E-state index in [0.717, 1.165) is 6.07 Å². The molecular formula is C55H45F6N3O7. The van der Waals surface area contributed by atoms with E-state index < -0.39 is 52.1 Å². The van der Waals surface area contributed by atoms with E-state index in [9.17, 15) is 41.4 Å². The van der Waals surface area contributed by atoms with Crippen LogP contribution >= 0.6 is 0 Å². The van der Waals surface area contributed by atoms with Crippen molar-refractivity contribution in [2.24, 2.45) is 0 Å². The largest absolute Gasteiger partial charge is 0.462 e. The lowest BCUT2D eigenvalue weighted by Crippen LogP contribution is -2.18. The first kappa shape index (κ1) is 50.8. The van der Waals surface area contributed by atoms with Gasteiger partial charge in [-0.1, -0.05) is 54.6 Å². The molecule has 0 aliphatic carbocycles. The minimum Gasteiger partial charge on any atom is -0.462 e. The molecule has 10 nitrogen and oxygen atoms in total. The molecule has 9 aromatic rings. The van der Waals surface area contributed by atoms with Crippen molar-refractivity contribution in [3.8, 4) is 34.5 Å². The van der Waals surface area contributed by atoms with Crippen LogP contribution < -0.4 is 14.2 Å². The molecule has 0 unspecified atom stereocenters. The fourth-order valence-corrected chi connectivity index (χ4v) is 7.39. The SMILES string of the molecule is CC(C)(O)c1c(F)cccc1Oc1cnc2c(F)cccc2c1.CCOC(=O)c1c(F)cccc1Oc1cnc2c(F)cccc2c1.Cc1nc2c(F)cccc2cc1Oc1cccc(F)c1C(C)(C)O. The van der Waals surface area contributed by atoms with Gasteiger partial charge in [0.2, 0.25) is 0 Å². The number of aromatic nitrogens is 3. The Morgan fingerprint density at radius 1 is 0.507 bits per heavy atom. The average Bonchev–Trinajstić information content (AvgIpc) is 3.29. The third-order valence-electron chi connectivity index (χ3n) is 10.5. The standard InChI is InChI=1S/C19H17F2NO2.C18H13F2NO3.C18H15F2NO2/c1-11-16(10-12-6-4-8-14(21)18(12)22-11)24-15-9-5-7-13(20)17(15)19(2,3)23;1-2-23-18(22)16-13(19)6-4-8-15(16)24-12-9-11-5-3-7-14(20)17(11)21-10-12;1-18(2,22)16-13(19)6-4-8-15(16)23-12-9-11-5-3-7-14(20)17(11)21-10-12/h4-10,23H,1-3H3;3-10H,2H2,1H3;3-10,22H,1-2H3. The van der Waals surface area contributed by atoms with Gasteiger partial charge < -0.3 is 29.2 Å². The van der Waals surface area contributed by atoms with E-state index in [4.69, 9.17) is 18.9 Å². The van der Waals surface area contributed by atoms with Crippen LogP contribution in [0.25, 0.3) is 32.7 Å². The summed E-state index contributed by atoms with van der Waals surface area (Å²) in [5, 5.41) is 22.1. The summed E-state index contributed by atoms with van der Waals surface area (Å²) < 4.78 is 105. The first-order chi connectivity index (χ1) is 33.7. The van der Waals surface area contributed by atoms with Gasteiger partial charge in [0.05, 0.1) is 47.0 Å². The van der Waals surface area contributed by atoms with E-state index in [1.165, 1.54) is 94.7 Å². The Kier molecular flexibility index (Phi) is 15.2. The van der Waals surface area contributed by atoms with Crippen molar-refractivity contribution < 1.29 is 60.3 Å². The fraction of sp³-hybridized carbons (Fsp3) is 0.164. The monoisotopic (exact) mass is 973 g/mol. The second-order valence-electron chi connectivity index (χ2n) is 16.8. The van der Waals surface area contributed by atoms with Crippen LogP contribution in [0, 0.1) is 41.8 Å². The highest BCUT2D eigenvalue weighted by Crippen LogP contribution is 2.38. The molecule has 2 N–H and O–H groups in total. The summed E-state index contributed by atoms with van der Waals surface area (Å²) in [6.45, 7) is 9.35. The molecule has 3 aromatic heterocycles. The van der Waals surface area contributed by atoms with Gasteiger partial charge in [0, 0.05) is 16.2 Å². The van der Waals surface area contributed by atoms with E-state index in [1.807, 2.05) is 0 Å². The number of halogens is 6. The number of hydrogen-bond acceptors (Lipinski definition) is 10. The van der Waals surface area contributed by atoms with Crippen LogP contribution in [0.1, 0.15) is 61.8 Å². The fourth-order valence-electron chi connectivity index (χ4n) is 7.39. The van der Waals surface area contributed by atoms with Crippen molar-refractivity contribution in [2.45, 2.75) is 52.7 Å². The van der Waals surface area contributed by atoms with Crippen LogP contribution in [0.5, 0.6) is 34.5 Å². The van der Waals surface area contributed by atoms with Gasteiger partial charge in [-0.05, 0) is 114 Å². The highest BCUT2D eigenvalue weighted by molar-refractivity contribution is 5.93. The maximum atomic E-state index is 14.2. The summed E-state index contributed by atoms with van der Waals surface area (Å²) in [5.74, 6) is -2.60. The lowest BCUT2D eigenvalue weighted by Gasteiger charge is -2.22. The number of rotatable bonds is 10. The number of esters is 1. The normalized spacial score (nSPS) is 11.4. The number of aliphatic hydroxyl groups is 2. The van der Waals surface area contributed by atoms with Crippen LogP contribution in [0.2, 0.25) is 0 Å². The molecule has 0 spiro atoms. The number of ether oxygens (including phenoxy) is 4. The summed E-state index contributed by atoms with van der Waals surface area (Å²) in [4.78, 5) is 24.2. The zero-order valence-corrected chi connectivity index (χ0v) is 39.0. The molecule has 0 saturated carbocycles. The van der Waals surface area contributed by atoms with E-state index >= 15 is 0 Å². The van der Waals surface area contributed by atoms with Crippen molar-refractivity contribution in [1.82, 2.24) is 15.0 Å². The summed E-state index contributed by atoms with van der Waals surface area (Å²) in [6.07, 6.45) is 2.68. The Labute approximate surface area is 403 Å². The number of para-hydroxylation sites is 3. The molecule has 0 amide bonds. The van der Waals surface area contributed by atoms with Crippen LogP contribution in [0.15, 0.2) is 140 Å². The predicted octanol–water partition coefficient (Wildman–Crippen LogP) is 13.9. The zero-order valence-electron chi connectivity index (χ0n) is 39.0. The highest BCUT2D eigenvalue weighted by Gasteiger charge is 2.28. The molecule has 3 heterocycles. The lowest BCUT2D eigenvalue weighted by molar-refractivity contribution is 0.0517. The Bertz CT molecular complexity index is 3420. The Balaban J connectivity index is 0.000000157. The Morgan fingerprint density at radius 2 is 0.901 bits per heavy atom. The molecule has 0 saturated heterocycles. The van der Waals surface area contributed by atoms with Crippen LogP contribution in [0.4, 0.5) is 26.3 Å². The summed E-state index contributed by atoms with van der Waals surface area (Å²) in [6, 6.07) is 31.3. The summed E-state index contributed by atoms with van der Waals surface area (Å²) in [5.41, 5.74) is -1.83. The number of fused-ring (bicyclic) bond motifs is 3. The second kappa shape index (κ2) is 21.3. The minimum atomic E-state index is -1.41. The number of nitrogens with zero attached hydrogens (tertiary/aromatic N) is 3. The first-order valence-corrected chi connectivity index (χ1v) is 21.9. The summed E-state index contributed by atoms with van der Waals surface area (Å²) in [7, 11) is 0. The molecule has 0 bridgehead atoms. The quantitative estimate of drug-likeness (QED) is 0.101. The Hall–Kier alpha value is -8.08. The van der Waals surface area contributed by atoms with Gasteiger partial charge in [0.15, 0.2) is 0 Å². The molecule has 0 radical (unpaired) electrons. The van der Waals surface area contributed by atoms with E-state index in [2.05, 4.69) is 15.0 Å². The highest BCUT2D eigenvalue weighted by atomic mass is 19.1. The third-order valence-corrected chi connectivity index (χ3v) is 10.5. The molecule has 71 heavy (non-hydrogen) atoms. The second-order valence-corrected chi connectivity index (χ2v) is 16.8.